The van der Waals surface area contributed by atoms with Crippen LogP contribution in [-0.4, -0.2) is 54.9 Å². The first-order valence-electron chi connectivity index (χ1n) is 10.9. The molecular formula is C25H30N4O3. The Labute approximate surface area is 188 Å². The van der Waals surface area contributed by atoms with Gasteiger partial charge in [-0.2, -0.15) is 5.10 Å². The molecule has 7 heteroatoms. The molecule has 0 aliphatic carbocycles. The first-order chi connectivity index (χ1) is 15.5. The number of carbonyl (C=O) groups is 1. The Balaban J connectivity index is 1.50. The van der Waals surface area contributed by atoms with Crippen molar-refractivity contribution in [3.05, 3.63) is 59.9 Å². The Kier molecular flexibility index (Phi) is 6.75. The molecule has 0 bridgehead atoms. The van der Waals surface area contributed by atoms with Gasteiger partial charge in [-0.3, -0.25) is 9.89 Å². The predicted octanol–water partition coefficient (Wildman–Crippen LogP) is 3.91. The van der Waals surface area contributed by atoms with Crippen molar-refractivity contribution in [3.63, 3.8) is 0 Å². The third kappa shape index (κ3) is 5.11. The van der Waals surface area contributed by atoms with Crippen molar-refractivity contribution in [3.8, 4) is 22.6 Å². The van der Waals surface area contributed by atoms with E-state index in [0.717, 1.165) is 41.0 Å². The summed E-state index contributed by atoms with van der Waals surface area (Å²) in [5.41, 5.74) is 4.87. The van der Waals surface area contributed by atoms with Crippen LogP contribution in [0.1, 0.15) is 17.5 Å². The van der Waals surface area contributed by atoms with E-state index in [2.05, 4.69) is 33.4 Å². The Bertz CT molecular complexity index is 1060. The van der Waals surface area contributed by atoms with Crippen LogP contribution in [-0.2, 0) is 11.2 Å². The maximum atomic E-state index is 13.1. The summed E-state index contributed by atoms with van der Waals surface area (Å²) in [6.07, 6.45) is 5.16. The maximum Gasteiger partial charge on any atom is 0.231 e. The lowest BCUT2D eigenvalue weighted by Gasteiger charge is -2.26. The first-order valence-corrected chi connectivity index (χ1v) is 10.9. The van der Waals surface area contributed by atoms with E-state index < -0.39 is 0 Å². The van der Waals surface area contributed by atoms with Gasteiger partial charge in [-0.1, -0.05) is 18.2 Å². The average Bonchev–Trinajstić information content (AvgIpc) is 3.32. The highest BCUT2D eigenvalue weighted by Crippen LogP contribution is 2.33. The maximum absolute atomic E-state index is 13.1. The Morgan fingerprint density at radius 1 is 1.28 bits per heavy atom. The van der Waals surface area contributed by atoms with E-state index in [1.54, 1.807) is 6.20 Å². The van der Waals surface area contributed by atoms with Crippen LogP contribution in [0.4, 0.5) is 5.69 Å². The molecule has 2 heterocycles. The molecule has 168 valence electrons. The van der Waals surface area contributed by atoms with Gasteiger partial charge in [-0.15, -0.1) is 0 Å². The van der Waals surface area contributed by atoms with Crippen LogP contribution in [0.3, 0.4) is 0 Å². The number of fused-ring (bicyclic) bond motifs is 1. The van der Waals surface area contributed by atoms with Crippen molar-refractivity contribution in [2.75, 3.05) is 39.2 Å². The Morgan fingerprint density at radius 3 is 2.94 bits per heavy atom. The van der Waals surface area contributed by atoms with Crippen molar-refractivity contribution in [2.24, 2.45) is 5.92 Å². The van der Waals surface area contributed by atoms with Gasteiger partial charge in [-0.05, 0) is 68.8 Å². The number of nitrogens with zero attached hydrogens (tertiary/aromatic N) is 2. The zero-order chi connectivity index (χ0) is 22.5. The molecule has 2 aromatic carbocycles. The fourth-order valence-corrected chi connectivity index (χ4v) is 3.87. The van der Waals surface area contributed by atoms with Gasteiger partial charge >= 0.3 is 0 Å². The van der Waals surface area contributed by atoms with Gasteiger partial charge in [0, 0.05) is 18.3 Å². The molecule has 1 aromatic heterocycles. The molecule has 1 amide bonds. The highest BCUT2D eigenvalue weighted by atomic mass is 16.5. The molecule has 1 unspecified atom stereocenters. The summed E-state index contributed by atoms with van der Waals surface area (Å²) in [6, 6.07) is 11.8. The summed E-state index contributed by atoms with van der Waals surface area (Å²) in [4.78, 5) is 15.2. The van der Waals surface area contributed by atoms with Crippen LogP contribution < -0.4 is 14.8 Å². The minimum Gasteiger partial charge on any atom is -0.492 e. The number of nitrogens with one attached hydrogen (secondary N) is 2. The molecule has 0 radical (unpaired) electrons. The normalized spacial score (nSPS) is 15.2. The number of aryl methyl sites for hydroxylation is 1. The Hall–Kier alpha value is -3.32. The Morgan fingerprint density at radius 2 is 2.16 bits per heavy atom. The van der Waals surface area contributed by atoms with Crippen LogP contribution in [0, 0.1) is 12.8 Å². The number of carbonyl (C=O) groups excluding carboxylic acids is 1. The molecule has 1 aliphatic rings. The van der Waals surface area contributed by atoms with Crippen molar-refractivity contribution >= 4 is 11.6 Å². The second-order valence-corrected chi connectivity index (χ2v) is 8.46. The largest absolute Gasteiger partial charge is 0.492 e. The summed E-state index contributed by atoms with van der Waals surface area (Å²) >= 11 is 0. The van der Waals surface area contributed by atoms with E-state index in [1.807, 2.05) is 50.6 Å². The van der Waals surface area contributed by atoms with Crippen molar-refractivity contribution in [1.29, 1.82) is 0 Å². The van der Waals surface area contributed by atoms with Gasteiger partial charge in [0.05, 0.1) is 24.4 Å². The van der Waals surface area contributed by atoms with Crippen molar-refractivity contribution in [2.45, 2.75) is 19.8 Å². The molecule has 2 N–H and O–H groups in total. The number of aromatic nitrogens is 2. The number of aromatic amines is 1. The second kappa shape index (κ2) is 9.87. The number of H-pyrrole nitrogens is 1. The molecule has 1 atom stereocenters. The number of hydrogen-bond donors (Lipinski definition) is 2. The number of ether oxygens (including phenoxy) is 2. The monoisotopic (exact) mass is 434 g/mol. The number of anilines is 1. The van der Waals surface area contributed by atoms with E-state index in [1.165, 1.54) is 0 Å². The van der Waals surface area contributed by atoms with Crippen molar-refractivity contribution in [1.82, 2.24) is 15.1 Å². The zero-order valence-corrected chi connectivity index (χ0v) is 18.9. The fraction of sp³-hybridized carbons (Fsp3) is 0.360. The minimum absolute atomic E-state index is 0.0619. The molecule has 0 fully saturated rings. The third-order valence-corrected chi connectivity index (χ3v) is 5.71. The van der Waals surface area contributed by atoms with Gasteiger partial charge in [0.2, 0.25) is 5.91 Å². The lowest BCUT2D eigenvalue weighted by Crippen LogP contribution is -2.33. The molecule has 3 aromatic rings. The smallest absolute Gasteiger partial charge is 0.231 e. The van der Waals surface area contributed by atoms with E-state index in [-0.39, 0.29) is 11.8 Å². The standard InChI is InChI=1S/C25H30N4O3/c1-17-6-4-7-23-21(17)12-19(16-32-23)25(30)28-22-9-8-18(20-14-26-27-15-20)13-24(22)31-11-5-10-29(2)3/h4,6-9,13-15,19H,5,10-12,16H2,1-3H3,(H,26,27)(H,28,30). The quantitative estimate of drug-likeness (QED) is 0.526. The number of hydrogen-bond acceptors (Lipinski definition) is 5. The third-order valence-electron chi connectivity index (χ3n) is 5.71. The van der Waals surface area contributed by atoms with E-state index in [4.69, 9.17) is 9.47 Å². The van der Waals surface area contributed by atoms with Crippen LogP contribution in [0.5, 0.6) is 11.5 Å². The highest BCUT2D eigenvalue weighted by molar-refractivity contribution is 5.95. The molecular weight excluding hydrogens is 404 g/mol. The first kappa shape index (κ1) is 21.9. The van der Waals surface area contributed by atoms with Crippen LogP contribution in [0.2, 0.25) is 0 Å². The number of amides is 1. The number of rotatable bonds is 8. The molecule has 0 saturated heterocycles. The van der Waals surface area contributed by atoms with E-state index in [9.17, 15) is 4.79 Å². The predicted molar refractivity (Wildman–Crippen MR) is 125 cm³/mol. The molecule has 7 nitrogen and oxygen atoms in total. The number of benzene rings is 2. The lowest BCUT2D eigenvalue weighted by atomic mass is 9.93. The zero-order valence-electron chi connectivity index (χ0n) is 18.9. The minimum atomic E-state index is -0.251. The molecule has 0 spiro atoms. The molecule has 32 heavy (non-hydrogen) atoms. The summed E-state index contributed by atoms with van der Waals surface area (Å²) < 4.78 is 12.0. The van der Waals surface area contributed by atoms with Gasteiger partial charge in [-0.25, -0.2) is 0 Å². The van der Waals surface area contributed by atoms with E-state index in [0.29, 0.717) is 31.1 Å². The van der Waals surface area contributed by atoms with Crippen molar-refractivity contribution < 1.29 is 14.3 Å². The fourth-order valence-electron chi connectivity index (χ4n) is 3.87. The summed E-state index contributed by atoms with van der Waals surface area (Å²) in [6.45, 7) is 3.92. The molecule has 4 rings (SSSR count). The van der Waals surface area contributed by atoms with Gasteiger partial charge in [0.1, 0.15) is 18.1 Å². The highest BCUT2D eigenvalue weighted by Gasteiger charge is 2.27. The van der Waals surface area contributed by atoms with Crippen LogP contribution >= 0.6 is 0 Å². The summed E-state index contributed by atoms with van der Waals surface area (Å²) in [7, 11) is 4.08. The SMILES string of the molecule is Cc1cccc2c1CC(C(=O)Nc1ccc(-c3cn[nH]c3)cc1OCCCN(C)C)CO2. The van der Waals surface area contributed by atoms with Gasteiger partial charge in [0.25, 0.3) is 0 Å². The topological polar surface area (TPSA) is 79.5 Å². The van der Waals surface area contributed by atoms with Crippen LogP contribution in [0.25, 0.3) is 11.1 Å². The average molecular weight is 435 g/mol. The van der Waals surface area contributed by atoms with Gasteiger partial charge in [0.15, 0.2) is 0 Å². The van der Waals surface area contributed by atoms with E-state index >= 15 is 0 Å². The molecule has 0 saturated carbocycles. The van der Waals surface area contributed by atoms with Crippen LogP contribution in [0.15, 0.2) is 48.8 Å². The summed E-state index contributed by atoms with van der Waals surface area (Å²) in [5, 5.41) is 9.94. The second-order valence-electron chi connectivity index (χ2n) is 8.46. The lowest BCUT2D eigenvalue weighted by molar-refractivity contribution is -0.121. The summed E-state index contributed by atoms with van der Waals surface area (Å²) in [5.74, 6) is 1.22. The molecule has 1 aliphatic heterocycles. The van der Waals surface area contributed by atoms with Gasteiger partial charge < -0.3 is 19.7 Å².